The fourth-order valence-corrected chi connectivity index (χ4v) is 2.05. The number of nitrogens with one attached hydrogen (secondary N) is 2. The van der Waals surface area contributed by atoms with Crippen molar-refractivity contribution in [2.45, 2.75) is 12.8 Å². The Morgan fingerprint density at radius 3 is 2.05 bits per heavy atom. The van der Waals surface area contributed by atoms with E-state index in [0.717, 1.165) is 42.2 Å². The third kappa shape index (κ3) is 4.87. The predicted octanol–water partition coefficient (Wildman–Crippen LogP) is 4.55. The normalized spacial score (nSPS) is 10.2. The van der Waals surface area contributed by atoms with Crippen LogP contribution in [0.3, 0.4) is 0 Å². The average molecular weight is 272 g/mol. The van der Waals surface area contributed by atoms with E-state index in [1.807, 2.05) is 18.2 Å². The smallest absolute Gasteiger partial charge is 0.0385 e. The van der Waals surface area contributed by atoms with Crippen LogP contribution in [0.25, 0.3) is 0 Å². The molecule has 3 heteroatoms. The van der Waals surface area contributed by atoms with Crippen LogP contribution in [0, 0.1) is 0 Å². The molecule has 2 rings (SSSR count). The topological polar surface area (TPSA) is 24.1 Å². The average Bonchev–Trinajstić information content (AvgIpc) is 2.46. The van der Waals surface area contributed by atoms with E-state index < -0.39 is 0 Å². The Bertz CT molecular complexity index is 468. The van der Waals surface area contributed by atoms with Gasteiger partial charge in [-0.1, -0.05) is 18.2 Å². The molecule has 0 aliphatic carbocycles. The van der Waals surface area contributed by atoms with Gasteiger partial charge in [0.1, 0.15) is 0 Å². The van der Waals surface area contributed by atoms with Crippen molar-refractivity contribution >= 4 is 29.7 Å². The number of benzene rings is 2. The minimum absolute atomic E-state index is 0.960. The quantitative estimate of drug-likeness (QED) is 0.509. The van der Waals surface area contributed by atoms with Crippen LogP contribution in [-0.4, -0.2) is 12.3 Å². The van der Waals surface area contributed by atoms with E-state index in [2.05, 4.69) is 59.7 Å². The van der Waals surface area contributed by atoms with Gasteiger partial charge < -0.3 is 10.6 Å². The van der Waals surface area contributed by atoms with Crippen molar-refractivity contribution in [3.05, 3.63) is 54.6 Å². The molecular formula is C16H20N2S. The molecule has 0 radical (unpaired) electrons. The summed E-state index contributed by atoms with van der Waals surface area (Å²) in [5.74, 6) is 0.960. The molecule has 0 aromatic heterocycles. The molecule has 19 heavy (non-hydrogen) atoms. The Morgan fingerprint density at radius 2 is 1.37 bits per heavy atom. The van der Waals surface area contributed by atoms with Gasteiger partial charge in [-0.3, -0.25) is 0 Å². The molecular weight excluding hydrogens is 252 g/mol. The van der Waals surface area contributed by atoms with Crippen LogP contribution in [0.2, 0.25) is 0 Å². The summed E-state index contributed by atoms with van der Waals surface area (Å²) in [5.41, 5.74) is 3.38. The van der Waals surface area contributed by atoms with Gasteiger partial charge in [0.25, 0.3) is 0 Å². The first-order valence-electron chi connectivity index (χ1n) is 6.65. The van der Waals surface area contributed by atoms with Crippen LogP contribution in [0.4, 0.5) is 17.1 Å². The number of unbranched alkanes of at least 4 members (excludes halogenated alkanes) is 1. The molecule has 100 valence electrons. The maximum absolute atomic E-state index is 4.21. The number of hydrogen-bond acceptors (Lipinski definition) is 3. The summed E-state index contributed by atoms with van der Waals surface area (Å²) in [6, 6.07) is 18.6. The van der Waals surface area contributed by atoms with E-state index in [0.29, 0.717) is 0 Å². The monoisotopic (exact) mass is 272 g/mol. The molecule has 0 heterocycles. The maximum atomic E-state index is 4.21. The highest BCUT2D eigenvalue weighted by Crippen LogP contribution is 2.18. The molecule has 2 aromatic rings. The van der Waals surface area contributed by atoms with Crippen molar-refractivity contribution in [3.63, 3.8) is 0 Å². The van der Waals surface area contributed by atoms with Gasteiger partial charge >= 0.3 is 0 Å². The summed E-state index contributed by atoms with van der Waals surface area (Å²) < 4.78 is 0. The predicted molar refractivity (Wildman–Crippen MR) is 87.7 cm³/mol. The Hall–Kier alpha value is -1.61. The van der Waals surface area contributed by atoms with Crippen LogP contribution in [0.15, 0.2) is 54.6 Å². The van der Waals surface area contributed by atoms with Crippen molar-refractivity contribution < 1.29 is 0 Å². The van der Waals surface area contributed by atoms with E-state index in [-0.39, 0.29) is 0 Å². The highest BCUT2D eigenvalue weighted by molar-refractivity contribution is 7.80. The molecule has 2 N–H and O–H groups in total. The second kappa shape index (κ2) is 7.74. The van der Waals surface area contributed by atoms with Crippen molar-refractivity contribution in [2.75, 3.05) is 22.9 Å². The highest BCUT2D eigenvalue weighted by atomic mass is 32.1. The molecule has 2 aromatic carbocycles. The molecule has 0 spiro atoms. The Labute approximate surface area is 120 Å². The molecule has 0 unspecified atom stereocenters. The summed E-state index contributed by atoms with van der Waals surface area (Å²) in [4.78, 5) is 0. The van der Waals surface area contributed by atoms with E-state index in [1.165, 1.54) is 0 Å². The standard InChI is InChI=1S/C16H20N2S/c19-13-5-4-12-17-14-8-10-16(11-9-14)18-15-6-2-1-3-7-15/h1-3,6-11,17-19H,4-5,12-13H2. The highest BCUT2D eigenvalue weighted by Gasteiger charge is 1.95. The van der Waals surface area contributed by atoms with E-state index >= 15 is 0 Å². The molecule has 0 saturated heterocycles. The van der Waals surface area contributed by atoms with Gasteiger partial charge in [0.15, 0.2) is 0 Å². The summed E-state index contributed by atoms with van der Waals surface area (Å²) in [6.45, 7) is 1.01. The summed E-state index contributed by atoms with van der Waals surface area (Å²) in [7, 11) is 0. The zero-order valence-corrected chi connectivity index (χ0v) is 11.9. The molecule has 0 aliphatic rings. The lowest BCUT2D eigenvalue weighted by Gasteiger charge is -2.09. The molecule has 0 bridgehead atoms. The van der Waals surface area contributed by atoms with Crippen LogP contribution in [0.5, 0.6) is 0 Å². The lowest BCUT2D eigenvalue weighted by Crippen LogP contribution is -2.01. The fourth-order valence-electron chi connectivity index (χ4n) is 1.83. The van der Waals surface area contributed by atoms with Crippen LogP contribution >= 0.6 is 12.6 Å². The van der Waals surface area contributed by atoms with Crippen molar-refractivity contribution in [2.24, 2.45) is 0 Å². The third-order valence-corrected chi connectivity index (χ3v) is 3.18. The van der Waals surface area contributed by atoms with Gasteiger partial charge in [0.2, 0.25) is 0 Å². The summed E-state index contributed by atoms with van der Waals surface area (Å²) in [6.07, 6.45) is 2.32. The first kappa shape index (κ1) is 13.8. The SMILES string of the molecule is SCCCCNc1ccc(Nc2ccccc2)cc1. The van der Waals surface area contributed by atoms with Gasteiger partial charge in [0.05, 0.1) is 0 Å². The molecule has 0 saturated carbocycles. The minimum atomic E-state index is 0.960. The van der Waals surface area contributed by atoms with Crippen LogP contribution < -0.4 is 10.6 Å². The Balaban J connectivity index is 1.84. The molecule has 0 fully saturated rings. The number of hydrogen-bond donors (Lipinski definition) is 3. The third-order valence-electron chi connectivity index (χ3n) is 2.86. The lowest BCUT2D eigenvalue weighted by atomic mass is 10.2. The molecule has 0 amide bonds. The molecule has 0 aliphatic heterocycles. The largest absolute Gasteiger partial charge is 0.385 e. The zero-order valence-electron chi connectivity index (χ0n) is 11.0. The first-order chi connectivity index (χ1) is 9.38. The number of rotatable bonds is 7. The molecule has 0 atom stereocenters. The van der Waals surface area contributed by atoms with Gasteiger partial charge in [-0.05, 0) is 55.0 Å². The summed E-state index contributed by atoms with van der Waals surface area (Å²) in [5, 5.41) is 6.78. The second-order valence-electron chi connectivity index (χ2n) is 4.43. The summed E-state index contributed by atoms with van der Waals surface area (Å²) >= 11 is 4.21. The van der Waals surface area contributed by atoms with Crippen molar-refractivity contribution in [1.82, 2.24) is 0 Å². The Morgan fingerprint density at radius 1 is 0.737 bits per heavy atom. The van der Waals surface area contributed by atoms with Gasteiger partial charge in [-0.2, -0.15) is 12.6 Å². The van der Waals surface area contributed by atoms with E-state index in [9.17, 15) is 0 Å². The van der Waals surface area contributed by atoms with Crippen molar-refractivity contribution in [1.29, 1.82) is 0 Å². The van der Waals surface area contributed by atoms with E-state index in [4.69, 9.17) is 0 Å². The Kier molecular flexibility index (Phi) is 5.63. The van der Waals surface area contributed by atoms with Gasteiger partial charge in [-0.25, -0.2) is 0 Å². The first-order valence-corrected chi connectivity index (χ1v) is 7.28. The fraction of sp³-hybridized carbons (Fsp3) is 0.250. The maximum Gasteiger partial charge on any atom is 0.0385 e. The molecule has 2 nitrogen and oxygen atoms in total. The van der Waals surface area contributed by atoms with Gasteiger partial charge in [0, 0.05) is 23.6 Å². The minimum Gasteiger partial charge on any atom is -0.385 e. The number of anilines is 3. The van der Waals surface area contributed by atoms with E-state index in [1.54, 1.807) is 0 Å². The van der Waals surface area contributed by atoms with Crippen LogP contribution in [0.1, 0.15) is 12.8 Å². The lowest BCUT2D eigenvalue weighted by molar-refractivity contribution is 0.844. The van der Waals surface area contributed by atoms with Crippen LogP contribution in [-0.2, 0) is 0 Å². The second-order valence-corrected chi connectivity index (χ2v) is 4.87. The van der Waals surface area contributed by atoms with Gasteiger partial charge in [-0.15, -0.1) is 0 Å². The van der Waals surface area contributed by atoms with Crippen molar-refractivity contribution in [3.8, 4) is 0 Å². The number of thiol groups is 1. The zero-order chi connectivity index (χ0) is 13.3. The number of para-hydroxylation sites is 1.